The molecule has 0 fully saturated rings. The molecule has 3 N–H and O–H groups in total. The predicted octanol–water partition coefficient (Wildman–Crippen LogP) is 6.35. The van der Waals surface area contributed by atoms with E-state index in [0.29, 0.717) is 17.4 Å². The fraction of sp³-hybridized carbons (Fsp3) is 0.966. The second kappa shape index (κ2) is 22.8. The lowest BCUT2D eigenvalue weighted by molar-refractivity contribution is -0.893. The molecule has 5 heteroatoms. The maximum Gasteiger partial charge on any atom is 0.220 e. The molecule has 204 valence electrons. The van der Waals surface area contributed by atoms with Gasteiger partial charge in [0.25, 0.3) is 0 Å². The maximum absolute atomic E-state index is 12.4. The average molecular weight is 486 g/mol. The van der Waals surface area contributed by atoms with Gasteiger partial charge in [-0.15, -0.1) is 0 Å². The van der Waals surface area contributed by atoms with E-state index >= 15 is 0 Å². The molecule has 34 heavy (non-hydrogen) atoms. The van der Waals surface area contributed by atoms with E-state index in [2.05, 4.69) is 33.3 Å². The van der Waals surface area contributed by atoms with Crippen molar-refractivity contribution in [2.24, 2.45) is 0 Å². The number of nitrogens with zero attached hydrogens (tertiary/aromatic N) is 1. The summed E-state index contributed by atoms with van der Waals surface area (Å²) in [6.45, 7) is 5.64. The molecule has 2 unspecified atom stereocenters. The van der Waals surface area contributed by atoms with Crippen LogP contribution in [0.3, 0.4) is 0 Å². The molecule has 0 aromatic heterocycles. The highest BCUT2D eigenvalue weighted by Crippen LogP contribution is 2.14. The minimum Gasteiger partial charge on any atom is -0.393 e. The third-order valence-electron chi connectivity index (χ3n) is 7.01. The molecule has 2 atom stereocenters. The third kappa shape index (κ3) is 21.9. The molecule has 0 aromatic carbocycles. The van der Waals surface area contributed by atoms with Crippen LogP contribution in [0.1, 0.15) is 136 Å². The van der Waals surface area contributed by atoms with Crippen LogP contribution in [0.2, 0.25) is 0 Å². The van der Waals surface area contributed by atoms with Gasteiger partial charge in [0.1, 0.15) is 12.6 Å². The molecule has 0 bridgehead atoms. The number of hydrogen-bond acceptors (Lipinski definition) is 3. The SMILES string of the molecule is CCCCCCCCCCCCCCCCCC(=O)NC(CCC)CC[N+](C)(C)CC(O)CO. The van der Waals surface area contributed by atoms with Crippen LogP contribution in [-0.2, 0) is 4.79 Å². The topological polar surface area (TPSA) is 69.6 Å². The quantitative estimate of drug-likeness (QED) is 0.104. The summed E-state index contributed by atoms with van der Waals surface area (Å²) in [7, 11) is 4.14. The number of likely N-dealkylation sites (N-methyl/N-ethyl adjacent to an activating group) is 1. The maximum atomic E-state index is 12.4. The summed E-state index contributed by atoms with van der Waals surface area (Å²) in [5.41, 5.74) is 0. The van der Waals surface area contributed by atoms with Crippen molar-refractivity contribution in [2.75, 3.05) is 33.8 Å². The van der Waals surface area contributed by atoms with Gasteiger partial charge in [0.05, 0.1) is 27.2 Å². The van der Waals surface area contributed by atoms with E-state index in [-0.39, 0.29) is 18.6 Å². The van der Waals surface area contributed by atoms with Crippen LogP contribution in [0, 0.1) is 0 Å². The molecule has 0 spiro atoms. The van der Waals surface area contributed by atoms with Gasteiger partial charge in [0.2, 0.25) is 5.91 Å². The zero-order valence-electron chi connectivity index (χ0n) is 23.5. The Morgan fingerprint density at radius 3 is 1.65 bits per heavy atom. The first-order valence-corrected chi connectivity index (χ1v) is 14.7. The van der Waals surface area contributed by atoms with Crippen molar-refractivity contribution < 1.29 is 19.5 Å². The molecule has 0 aliphatic heterocycles. The lowest BCUT2D eigenvalue weighted by atomic mass is 10.0. The number of nitrogens with one attached hydrogen (secondary N) is 1. The number of hydrogen-bond donors (Lipinski definition) is 3. The van der Waals surface area contributed by atoms with Gasteiger partial charge in [-0.05, 0) is 12.8 Å². The van der Waals surface area contributed by atoms with Crippen molar-refractivity contribution >= 4 is 5.91 Å². The molecule has 1 amide bonds. The largest absolute Gasteiger partial charge is 0.393 e. The normalized spacial score (nSPS) is 13.7. The van der Waals surface area contributed by atoms with Gasteiger partial charge in [-0.2, -0.15) is 0 Å². The van der Waals surface area contributed by atoms with Crippen molar-refractivity contribution in [1.29, 1.82) is 0 Å². The Morgan fingerprint density at radius 2 is 1.21 bits per heavy atom. The van der Waals surface area contributed by atoms with Crippen LogP contribution in [0.4, 0.5) is 0 Å². The highest BCUT2D eigenvalue weighted by atomic mass is 16.3. The van der Waals surface area contributed by atoms with E-state index in [4.69, 9.17) is 5.11 Å². The molecule has 0 rings (SSSR count). The molecule has 0 saturated carbocycles. The summed E-state index contributed by atoms with van der Waals surface area (Å²) in [5.74, 6) is 0.189. The fourth-order valence-corrected chi connectivity index (χ4v) is 4.82. The Kier molecular flexibility index (Phi) is 22.4. The molecule has 5 nitrogen and oxygen atoms in total. The summed E-state index contributed by atoms with van der Waals surface area (Å²) in [6, 6.07) is 0.206. The Hall–Kier alpha value is -0.650. The van der Waals surface area contributed by atoms with Gasteiger partial charge in [-0.25, -0.2) is 0 Å². The van der Waals surface area contributed by atoms with Crippen LogP contribution in [-0.4, -0.2) is 66.5 Å². The average Bonchev–Trinajstić information content (AvgIpc) is 2.80. The number of carbonyl (C=O) groups excluding carboxylic acids is 1. The second-order valence-corrected chi connectivity index (χ2v) is 11.2. The minimum absolute atomic E-state index is 0.189. The van der Waals surface area contributed by atoms with E-state index in [1.807, 2.05) is 0 Å². The van der Waals surface area contributed by atoms with Crippen LogP contribution >= 0.6 is 0 Å². The lowest BCUT2D eigenvalue weighted by Gasteiger charge is -2.33. The van der Waals surface area contributed by atoms with Crippen molar-refractivity contribution in [1.82, 2.24) is 5.32 Å². The molecule has 0 radical (unpaired) electrons. The smallest absolute Gasteiger partial charge is 0.220 e. The van der Waals surface area contributed by atoms with E-state index in [0.717, 1.165) is 38.6 Å². The van der Waals surface area contributed by atoms with Gasteiger partial charge >= 0.3 is 0 Å². The Bertz CT molecular complexity index is 457. The number of carbonyl (C=O) groups is 1. The zero-order valence-corrected chi connectivity index (χ0v) is 23.5. The molecule has 0 heterocycles. The minimum atomic E-state index is -0.681. The van der Waals surface area contributed by atoms with Crippen molar-refractivity contribution in [2.45, 2.75) is 148 Å². The van der Waals surface area contributed by atoms with E-state index in [9.17, 15) is 9.90 Å². The van der Waals surface area contributed by atoms with Crippen LogP contribution < -0.4 is 5.32 Å². The molecular weight excluding hydrogens is 424 g/mol. The van der Waals surface area contributed by atoms with Crippen LogP contribution in [0.25, 0.3) is 0 Å². The molecular formula is C29H61N2O3+. The first kappa shape index (κ1) is 33.4. The summed E-state index contributed by atoms with van der Waals surface area (Å²) in [6.07, 6.45) is 23.0. The first-order valence-electron chi connectivity index (χ1n) is 14.7. The second-order valence-electron chi connectivity index (χ2n) is 11.2. The molecule has 0 saturated heterocycles. The van der Waals surface area contributed by atoms with E-state index in [1.165, 1.54) is 83.5 Å². The highest BCUT2D eigenvalue weighted by Gasteiger charge is 2.22. The lowest BCUT2D eigenvalue weighted by Crippen LogP contribution is -2.49. The van der Waals surface area contributed by atoms with Gasteiger partial charge in [-0.3, -0.25) is 4.79 Å². The summed E-state index contributed by atoms with van der Waals surface area (Å²) in [4.78, 5) is 12.4. The van der Waals surface area contributed by atoms with Gasteiger partial charge in [-0.1, -0.05) is 110 Å². The monoisotopic (exact) mass is 485 g/mol. The number of unbranched alkanes of at least 4 members (excludes halogenated alkanes) is 14. The third-order valence-corrected chi connectivity index (χ3v) is 7.01. The van der Waals surface area contributed by atoms with Gasteiger partial charge < -0.3 is 20.0 Å². The van der Waals surface area contributed by atoms with E-state index < -0.39 is 6.10 Å². The predicted molar refractivity (Wildman–Crippen MR) is 146 cm³/mol. The van der Waals surface area contributed by atoms with Gasteiger partial charge in [0.15, 0.2) is 0 Å². The number of quaternary nitrogens is 1. The first-order chi connectivity index (χ1) is 16.3. The van der Waals surface area contributed by atoms with Crippen molar-refractivity contribution in [3.8, 4) is 0 Å². The molecule has 0 aromatic rings. The Labute approximate surface area is 212 Å². The van der Waals surface area contributed by atoms with Crippen LogP contribution in [0.15, 0.2) is 0 Å². The number of aliphatic hydroxyl groups is 2. The highest BCUT2D eigenvalue weighted by molar-refractivity contribution is 5.76. The number of rotatable bonds is 25. The summed E-state index contributed by atoms with van der Waals surface area (Å²) in [5, 5.41) is 22.1. The standard InChI is InChI=1S/C29H60N2O3/c1-5-7-8-9-10-11-12-13-14-15-16-17-18-19-20-22-29(34)30-27(21-6-2)23-24-31(3,4)25-28(33)26-32/h27-28,32-33H,5-26H2,1-4H3/p+1. The summed E-state index contributed by atoms with van der Waals surface area (Å²) < 4.78 is 0.650. The zero-order chi connectivity index (χ0) is 25.5. The summed E-state index contributed by atoms with van der Waals surface area (Å²) >= 11 is 0. The number of amides is 1. The molecule has 0 aliphatic carbocycles. The molecule has 0 aliphatic rings. The van der Waals surface area contributed by atoms with Crippen molar-refractivity contribution in [3.63, 3.8) is 0 Å². The van der Waals surface area contributed by atoms with Gasteiger partial charge in [0, 0.05) is 18.9 Å². The Morgan fingerprint density at radius 1 is 0.735 bits per heavy atom. The Balaban J connectivity index is 3.72. The van der Waals surface area contributed by atoms with Crippen LogP contribution in [0.5, 0.6) is 0 Å². The van der Waals surface area contributed by atoms with Crippen molar-refractivity contribution in [3.05, 3.63) is 0 Å². The number of aliphatic hydroxyl groups excluding tert-OH is 2. The fourth-order valence-electron chi connectivity index (χ4n) is 4.82. The van der Waals surface area contributed by atoms with E-state index in [1.54, 1.807) is 0 Å².